The lowest BCUT2D eigenvalue weighted by Gasteiger charge is -2.09. The van der Waals surface area contributed by atoms with Gasteiger partial charge in [0.1, 0.15) is 11.4 Å². The van der Waals surface area contributed by atoms with Crippen molar-refractivity contribution in [3.63, 3.8) is 0 Å². The van der Waals surface area contributed by atoms with Crippen LogP contribution in [0, 0.1) is 6.92 Å². The molecule has 0 aliphatic rings. The highest BCUT2D eigenvalue weighted by atomic mass is 16.5. The van der Waals surface area contributed by atoms with E-state index in [9.17, 15) is 0 Å². The van der Waals surface area contributed by atoms with Crippen molar-refractivity contribution >= 4 is 5.82 Å². The maximum absolute atomic E-state index is 5.96. The Morgan fingerprint density at radius 2 is 2.15 bits per heavy atom. The van der Waals surface area contributed by atoms with Crippen molar-refractivity contribution in [1.82, 2.24) is 15.4 Å². The highest BCUT2D eigenvalue weighted by Crippen LogP contribution is 2.40. The molecule has 0 radical (unpaired) electrons. The molecule has 0 saturated heterocycles. The summed E-state index contributed by atoms with van der Waals surface area (Å²) in [5.74, 6) is 1.58. The van der Waals surface area contributed by atoms with Gasteiger partial charge in [-0.05, 0) is 25.1 Å². The summed E-state index contributed by atoms with van der Waals surface area (Å²) in [6.07, 6.45) is 1.64. The summed E-state index contributed by atoms with van der Waals surface area (Å²) in [6, 6.07) is 7.66. The van der Waals surface area contributed by atoms with E-state index in [-0.39, 0.29) is 0 Å². The van der Waals surface area contributed by atoms with Gasteiger partial charge in [0, 0.05) is 11.8 Å². The number of nitrogens with zero attached hydrogens (tertiary/aromatic N) is 2. The van der Waals surface area contributed by atoms with Gasteiger partial charge in [0.05, 0.1) is 12.7 Å². The van der Waals surface area contributed by atoms with Gasteiger partial charge in [0.2, 0.25) is 0 Å². The topological polar surface area (TPSA) is 90.0 Å². The zero-order chi connectivity index (χ0) is 14.1. The summed E-state index contributed by atoms with van der Waals surface area (Å²) in [7, 11) is 1.62. The molecule has 0 spiro atoms. The molecule has 3 rings (SSSR count). The maximum atomic E-state index is 5.96. The van der Waals surface area contributed by atoms with Gasteiger partial charge in [-0.25, -0.2) is 0 Å². The van der Waals surface area contributed by atoms with E-state index >= 15 is 0 Å². The van der Waals surface area contributed by atoms with E-state index in [4.69, 9.17) is 15.0 Å². The number of anilines is 1. The largest absolute Gasteiger partial charge is 0.496 e. The molecule has 0 aliphatic heterocycles. The minimum atomic E-state index is 0.318. The van der Waals surface area contributed by atoms with Gasteiger partial charge in [-0.3, -0.25) is 5.10 Å². The monoisotopic (exact) mass is 270 g/mol. The van der Waals surface area contributed by atoms with Crippen molar-refractivity contribution in [2.24, 2.45) is 0 Å². The fraction of sp³-hybridized carbons (Fsp3) is 0.143. The van der Waals surface area contributed by atoms with Crippen LogP contribution in [0.3, 0.4) is 0 Å². The van der Waals surface area contributed by atoms with Crippen LogP contribution in [0.25, 0.3) is 22.6 Å². The van der Waals surface area contributed by atoms with Gasteiger partial charge < -0.3 is 15.0 Å². The summed E-state index contributed by atoms with van der Waals surface area (Å²) < 4.78 is 10.7. The number of hydrogen-bond acceptors (Lipinski definition) is 5. The van der Waals surface area contributed by atoms with Crippen molar-refractivity contribution in [1.29, 1.82) is 0 Å². The van der Waals surface area contributed by atoms with Gasteiger partial charge in [-0.15, -0.1) is 0 Å². The molecule has 0 bridgehead atoms. The molecule has 2 aromatic heterocycles. The van der Waals surface area contributed by atoms with Crippen molar-refractivity contribution in [2.45, 2.75) is 6.92 Å². The number of aromatic nitrogens is 3. The molecule has 6 heteroatoms. The smallest absolute Gasteiger partial charge is 0.194 e. The van der Waals surface area contributed by atoms with Crippen molar-refractivity contribution < 1.29 is 9.26 Å². The van der Waals surface area contributed by atoms with Crippen LogP contribution in [0.15, 0.2) is 35.0 Å². The lowest BCUT2D eigenvalue weighted by Crippen LogP contribution is -1.93. The summed E-state index contributed by atoms with van der Waals surface area (Å²) in [6.45, 7) is 2.00. The Labute approximate surface area is 115 Å². The van der Waals surface area contributed by atoms with Crippen LogP contribution in [0.4, 0.5) is 5.82 Å². The number of rotatable bonds is 3. The van der Waals surface area contributed by atoms with E-state index in [1.807, 2.05) is 25.1 Å². The molecular formula is C14H14N4O2. The van der Waals surface area contributed by atoms with Crippen LogP contribution in [0.5, 0.6) is 5.75 Å². The number of aryl methyl sites for hydroxylation is 1. The summed E-state index contributed by atoms with van der Waals surface area (Å²) in [5.41, 5.74) is 9.32. The Bertz CT molecular complexity index is 732. The molecule has 3 N–H and O–H groups in total. The quantitative estimate of drug-likeness (QED) is 0.763. The van der Waals surface area contributed by atoms with Gasteiger partial charge in [0.15, 0.2) is 11.6 Å². The number of hydrogen-bond donors (Lipinski definition) is 2. The number of ether oxygens (including phenoxy) is 1. The average molecular weight is 270 g/mol. The normalized spacial score (nSPS) is 10.7. The Kier molecular flexibility index (Phi) is 2.90. The van der Waals surface area contributed by atoms with E-state index in [0.717, 1.165) is 11.1 Å². The Hall–Kier alpha value is -2.76. The van der Waals surface area contributed by atoms with E-state index in [1.54, 1.807) is 19.4 Å². The molecule has 0 amide bonds. The number of aromatic amines is 1. The predicted octanol–water partition coefficient (Wildman–Crippen LogP) is 2.63. The molecule has 20 heavy (non-hydrogen) atoms. The van der Waals surface area contributed by atoms with Crippen molar-refractivity contribution in [3.8, 4) is 28.3 Å². The highest BCUT2D eigenvalue weighted by molar-refractivity contribution is 5.88. The fourth-order valence-electron chi connectivity index (χ4n) is 2.15. The zero-order valence-corrected chi connectivity index (χ0v) is 11.2. The molecule has 0 atom stereocenters. The van der Waals surface area contributed by atoms with E-state index in [1.165, 1.54) is 0 Å². The third-order valence-electron chi connectivity index (χ3n) is 3.09. The molecule has 6 nitrogen and oxygen atoms in total. The number of nitrogens with two attached hydrogens (primary N) is 1. The second-order valence-electron chi connectivity index (χ2n) is 4.45. The SMILES string of the molecule is COc1ccc(C)cc1-c1c(N)noc1-c1ccn[nH]1. The predicted molar refractivity (Wildman–Crippen MR) is 75.2 cm³/mol. The number of H-pyrrole nitrogens is 1. The lowest BCUT2D eigenvalue weighted by atomic mass is 10.0. The first-order chi connectivity index (χ1) is 9.70. The molecular weight excluding hydrogens is 256 g/mol. The zero-order valence-electron chi connectivity index (χ0n) is 11.2. The van der Waals surface area contributed by atoms with Gasteiger partial charge in [0.25, 0.3) is 0 Å². The Morgan fingerprint density at radius 3 is 2.85 bits per heavy atom. The van der Waals surface area contributed by atoms with Gasteiger partial charge in [-0.1, -0.05) is 16.8 Å². The van der Waals surface area contributed by atoms with Crippen molar-refractivity contribution in [3.05, 3.63) is 36.0 Å². The second kappa shape index (κ2) is 4.73. The third-order valence-corrected chi connectivity index (χ3v) is 3.09. The molecule has 1 aromatic carbocycles. The molecule has 2 heterocycles. The molecule has 102 valence electrons. The number of nitrogen functional groups attached to an aromatic ring is 1. The standard InChI is InChI=1S/C14H14N4O2/c1-8-3-4-11(19-2)9(7-8)12-13(20-18-14(12)15)10-5-6-16-17-10/h3-7H,1-2H3,(H2,15,18)(H,16,17). The van der Waals surface area contributed by atoms with Crippen molar-refractivity contribution in [2.75, 3.05) is 12.8 Å². The van der Waals surface area contributed by atoms with Crippen LogP contribution >= 0.6 is 0 Å². The average Bonchev–Trinajstić information content (AvgIpc) is 3.07. The van der Waals surface area contributed by atoms with Crippen LogP contribution in [0.1, 0.15) is 5.56 Å². The molecule has 0 unspecified atom stereocenters. The first-order valence-corrected chi connectivity index (χ1v) is 6.10. The van der Waals surface area contributed by atoms with E-state index in [2.05, 4.69) is 15.4 Å². The summed E-state index contributed by atoms with van der Waals surface area (Å²) >= 11 is 0. The minimum Gasteiger partial charge on any atom is -0.496 e. The highest BCUT2D eigenvalue weighted by Gasteiger charge is 2.21. The van der Waals surface area contributed by atoms with Gasteiger partial charge >= 0.3 is 0 Å². The maximum Gasteiger partial charge on any atom is 0.194 e. The Morgan fingerprint density at radius 1 is 1.30 bits per heavy atom. The summed E-state index contributed by atoms with van der Waals surface area (Å²) in [4.78, 5) is 0. The first kappa shape index (κ1) is 12.3. The molecule has 0 fully saturated rings. The molecule has 0 saturated carbocycles. The summed E-state index contributed by atoms with van der Waals surface area (Å²) in [5, 5.41) is 10.6. The minimum absolute atomic E-state index is 0.318. The second-order valence-corrected chi connectivity index (χ2v) is 4.45. The number of nitrogens with one attached hydrogen (secondary N) is 1. The van der Waals surface area contributed by atoms with Gasteiger partial charge in [-0.2, -0.15) is 5.10 Å². The van der Waals surface area contributed by atoms with Crippen LogP contribution in [-0.2, 0) is 0 Å². The van der Waals surface area contributed by atoms with Crippen LogP contribution in [-0.4, -0.2) is 22.5 Å². The van der Waals surface area contributed by atoms with E-state index < -0.39 is 0 Å². The Balaban J connectivity index is 2.25. The van der Waals surface area contributed by atoms with E-state index in [0.29, 0.717) is 28.6 Å². The number of benzene rings is 1. The number of methoxy groups -OCH3 is 1. The first-order valence-electron chi connectivity index (χ1n) is 6.10. The van der Waals surface area contributed by atoms with Crippen LogP contribution in [0.2, 0.25) is 0 Å². The van der Waals surface area contributed by atoms with Crippen LogP contribution < -0.4 is 10.5 Å². The fourth-order valence-corrected chi connectivity index (χ4v) is 2.15. The molecule has 3 aromatic rings. The lowest BCUT2D eigenvalue weighted by molar-refractivity contribution is 0.416. The third kappa shape index (κ3) is 1.91. The molecule has 0 aliphatic carbocycles.